The van der Waals surface area contributed by atoms with Gasteiger partial charge in [0.2, 0.25) is 5.88 Å². The number of nitrogens with one attached hydrogen (secondary N) is 1. The molecule has 1 N–H and O–H groups in total. The third-order valence-corrected chi connectivity index (χ3v) is 2.56. The molecule has 0 aliphatic rings. The molecule has 1 aromatic rings. The number of methoxy groups -OCH3 is 2. The summed E-state index contributed by atoms with van der Waals surface area (Å²) in [7, 11) is 5.32. The first-order valence-corrected chi connectivity index (χ1v) is 5.48. The number of ether oxygens (including phenoxy) is 2. The van der Waals surface area contributed by atoms with Gasteiger partial charge in [-0.1, -0.05) is 6.07 Å². The van der Waals surface area contributed by atoms with Gasteiger partial charge in [0.15, 0.2) is 0 Å². The van der Waals surface area contributed by atoms with E-state index in [4.69, 9.17) is 9.47 Å². The molecule has 90 valence electrons. The lowest BCUT2D eigenvalue weighted by Gasteiger charge is -2.18. The van der Waals surface area contributed by atoms with Crippen molar-refractivity contribution in [2.75, 3.05) is 27.9 Å². The topological polar surface area (TPSA) is 43.4 Å². The number of aromatic nitrogens is 1. The van der Waals surface area contributed by atoms with E-state index in [-0.39, 0.29) is 6.04 Å². The van der Waals surface area contributed by atoms with Gasteiger partial charge in [-0.15, -0.1) is 0 Å². The zero-order valence-corrected chi connectivity index (χ0v) is 10.2. The maximum atomic E-state index is 5.25. The molecule has 4 heteroatoms. The van der Waals surface area contributed by atoms with Gasteiger partial charge in [0.25, 0.3) is 0 Å². The Bertz CT molecular complexity index is 305. The lowest BCUT2D eigenvalue weighted by Crippen LogP contribution is -2.18. The highest BCUT2D eigenvalue weighted by Gasteiger charge is 2.14. The summed E-state index contributed by atoms with van der Waals surface area (Å²) in [6.45, 7) is 0.779. The van der Waals surface area contributed by atoms with Crippen molar-refractivity contribution in [3.05, 3.63) is 23.9 Å². The number of hydrogen-bond donors (Lipinski definition) is 1. The van der Waals surface area contributed by atoms with Crippen molar-refractivity contribution in [1.29, 1.82) is 0 Å². The van der Waals surface area contributed by atoms with E-state index < -0.39 is 0 Å². The predicted octanol–water partition coefficient (Wildman–Crippen LogP) is 1.78. The van der Waals surface area contributed by atoms with Crippen LogP contribution in [0.2, 0.25) is 0 Å². The molecule has 1 aromatic heterocycles. The van der Waals surface area contributed by atoms with E-state index in [9.17, 15) is 0 Å². The van der Waals surface area contributed by atoms with Gasteiger partial charge in [0.05, 0.1) is 7.11 Å². The average Bonchev–Trinajstić information content (AvgIpc) is 2.35. The average molecular weight is 224 g/mol. The van der Waals surface area contributed by atoms with Gasteiger partial charge in [0, 0.05) is 31.5 Å². The fraction of sp³-hybridized carbons (Fsp3) is 0.583. The molecule has 1 atom stereocenters. The second-order valence-corrected chi connectivity index (χ2v) is 3.58. The Balaban J connectivity index is 2.69. The quantitative estimate of drug-likeness (QED) is 0.717. The minimum atomic E-state index is 0.263. The molecule has 1 heterocycles. The van der Waals surface area contributed by atoms with Crippen molar-refractivity contribution in [2.24, 2.45) is 0 Å². The summed E-state index contributed by atoms with van der Waals surface area (Å²) in [6, 6.07) is 4.23. The van der Waals surface area contributed by atoms with Crippen molar-refractivity contribution >= 4 is 0 Å². The lowest BCUT2D eigenvalue weighted by molar-refractivity contribution is 0.189. The molecule has 0 fully saturated rings. The second-order valence-electron chi connectivity index (χ2n) is 3.58. The summed E-state index contributed by atoms with van der Waals surface area (Å²) < 4.78 is 10.3. The molecule has 0 spiro atoms. The lowest BCUT2D eigenvalue weighted by atomic mass is 10.0. The molecule has 16 heavy (non-hydrogen) atoms. The largest absolute Gasteiger partial charge is 0.481 e. The van der Waals surface area contributed by atoms with Gasteiger partial charge >= 0.3 is 0 Å². The second kappa shape index (κ2) is 7.19. The SMILES string of the molecule is CNC(CCCOC)c1cccnc1OC. The van der Waals surface area contributed by atoms with Crippen LogP contribution in [0, 0.1) is 0 Å². The third-order valence-electron chi connectivity index (χ3n) is 2.56. The van der Waals surface area contributed by atoms with Crippen LogP contribution < -0.4 is 10.1 Å². The molecule has 0 amide bonds. The Morgan fingerprint density at radius 1 is 1.44 bits per heavy atom. The summed E-state index contributed by atoms with van der Waals surface area (Å²) in [4.78, 5) is 4.20. The fourth-order valence-electron chi connectivity index (χ4n) is 1.73. The molecule has 1 rings (SSSR count). The number of rotatable bonds is 7. The molecule has 4 nitrogen and oxygen atoms in total. The van der Waals surface area contributed by atoms with Crippen LogP contribution >= 0.6 is 0 Å². The normalized spacial score (nSPS) is 12.4. The maximum Gasteiger partial charge on any atom is 0.217 e. The highest BCUT2D eigenvalue weighted by Crippen LogP contribution is 2.25. The Hall–Kier alpha value is -1.13. The molecule has 1 unspecified atom stereocenters. The van der Waals surface area contributed by atoms with Crippen LogP contribution in [0.3, 0.4) is 0 Å². The van der Waals surface area contributed by atoms with E-state index in [0.717, 1.165) is 25.0 Å². The van der Waals surface area contributed by atoms with Gasteiger partial charge in [-0.05, 0) is 26.0 Å². The predicted molar refractivity (Wildman–Crippen MR) is 63.7 cm³/mol. The summed E-state index contributed by atoms with van der Waals surface area (Å²) in [6.07, 6.45) is 3.76. The van der Waals surface area contributed by atoms with Crippen LogP contribution in [0.1, 0.15) is 24.4 Å². The monoisotopic (exact) mass is 224 g/mol. The fourth-order valence-corrected chi connectivity index (χ4v) is 1.73. The van der Waals surface area contributed by atoms with Crippen molar-refractivity contribution in [2.45, 2.75) is 18.9 Å². The molecule has 0 saturated carbocycles. The van der Waals surface area contributed by atoms with E-state index >= 15 is 0 Å². The first-order chi connectivity index (χ1) is 7.83. The highest BCUT2D eigenvalue weighted by atomic mass is 16.5. The van der Waals surface area contributed by atoms with Crippen LogP contribution in [-0.2, 0) is 4.74 Å². The zero-order valence-electron chi connectivity index (χ0n) is 10.2. The molecule has 0 aliphatic heterocycles. The van der Waals surface area contributed by atoms with Gasteiger partial charge in [-0.3, -0.25) is 0 Å². The standard InChI is InChI=1S/C12H20N2O2/c1-13-11(7-5-9-15-2)10-6-4-8-14-12(10)16-3/h4,6,8,11,13H,5,7,9H2,1-3H3. The number of nitrogens with zero attached hydrogens (tertiary/aromatic N) is 1. The summed E-state index contributed by atoms with van der Waals surface area (Å²) in [5.41, 5.74) is 1.10. The first-order valence-electron chi connectivity index (χ1n) is 5.48. The van der Waals surface area contributed by atoms with E-state index in [1.165, 1.54) is 0 Å². The van der Waals surface area contributed by atoms with Crippen molar-refractivity contribution in [1.82, 2.24) is 10.3 Å². The van der Waals surface area contributed by atoms with Gasteiger partial charge in [-0.2, -0.15) is 0 Å². The summed E-state index contributed by atoms with van der Waals surface area (Å²) in [5.74, 6) is 0.694. The maximum absolute atomic E-state index is 5.25. The van der Waals surface area contributed by atoms with Crippen molar-refractivity contribution in [3.63, 3.8) is 0 Å². The van der Waals surface area contributed by atoms with Gasteiger partial charge in [0.1, 0.15) is 0 Å². The minimum absolute atomic E-state index is 0.263. The van der Waals surface area contributed by atoms with Crippen LogP contribution in [-0.4, -0.2) is 32.9 Å². The Morgan fingerprint density at radius 2 is 2.25 bits per heavy atom. The number of hydrogen-bond acceptors (Lipinski definition) is 4. The Morgan fingerprint density at radius 3 is 2.88 bits per heavy atom. The number of pyridine rings is 1. The van der Waals surface area contributed by atoms with E-state index in [2.05, 4.69) is 10.3 Å². The Kier molecular flexibility index (Phi) is 5.82. The zero-order chi connectivity index (χ0) is 11.8. The molecular formula is C12H20N2O2. The smallest absolute Gasteiger partial charge is 0.217 e. The molecule has 0 radical (unpaired) electrons. The van der Waals surface area contributed by atoms with Crippen LogP contribution in [0.15, 0.2) is 18.3 Å². The van der Waals surface area contributed by atoms with Crippen molar-refractivity contribution < 1.29 is 9.47 Å². The summed E-state index contributed by atoms with van der Waals surface area (Å²) in [5, 5.41) is 3.28. The van der Waals surface area contributed by atoms with Gasteiger partial charge < -0.3 is 14.8 Å². The highest BCUT2D eigenvalue weighted by molar-refractivity contribution is 5.28. The van der Waals surface area contributed by atoms with Gasteiger partial charge in [-0.25, -0.2) is 4.98 Å². The minimum Gasteiger partial charge on any atom is -0.481 e. The molecular weight excluding hydrogens is 204 g/mol. The molecule has 0 bridgehead atoms. The Labute approximate surface area is 97.0 Å². The van der Waals surface area contributed by atoms with E-state index in [0.29, 0.717) is 5.88 Å². The first kappa shape index (κ1) is 12.9. The molecule has 0 aliphatic carbocycles. The van der Waals surface area contributed by atoms with Crippen LogP contribution in [0.25, 0.3) is 0 Å². The molecule has 0 saturated heterocycles. The van der Waals surface area contributed by atoms with E-state index in [1.807, 2.05) is 19.2 Å². The molecule has 0 aromatic carbocycles. The third kappa shape index (κ3) is 3.47. The van der Waals surface area contributed by atoms with Crippen molar-refractivity contribution in [3.8, 4) is 5.88 Å². The van der Waals surface area contributed by atoms with Crippen LogP contribution in [0.4, 0.5) is 0 Å². The van der Waals surface area contributed by atoms with Crippen LogP contribution in [0.5, 0.6) is 5.88 Å². The van der Waals surface area contributed by atoms with E-state index in [1.54, 1.807) is 20.4 Å². The summed E-state index contributed by atoms with van der Waals surface area (Å²) >= 11 is 0.